The van der Waals surface area contributed by atoms with Gasteiger partial charge in [-0.2, -0.15) is 33.4 Å². The maximum atomic E-state index is 10.7. The van der Waals surface area contributed by atoms with E-state index in [1.54, 1.807) is 7.11 Å². The van der Waals surface area contributed by atoms with Gasteiger partial charge in [-0.05, 0) is 35.6 Å². The highest BCUT2D eigenvalue weighted by Crippen LogP contribution is 2.43. The molecule has 1 atom stereocenters. The number of hydrogen-bond acceptors (Lipinski definition) is 4. The van der Waals surface area contributed by atoms with Gasteiger partial charge in [0.2, 0.25) is 0 Å². The molecule has 138 valence electrons. The predicted molar refractivity (Wildman–Crippen MR) is 92.5 cm³/mol. The molecule has 1 heterocycles. The van der Waals surface area contributed by atoms with Crippen LogP contribution >= 0.6 is 11.8 Å². The molecule has 0 bridgehead atoms. The number of rotatable bonds is 2. The van der Waals surface area contributed by atoms with Crippen LogP contribution in [-0.2, 0) is 10.1 Å². The molecule has 0 aliphatic carbocycles. The Bertz CT molecular complexity index is 829. The Balaban J connectivity index is 0.000000242. The van der Waals surface area contributed by atoms with Crippen LogP contribution in [0.3, 0.4) is 0 Å². The predicted octanol–water partition coefficient (Wildman–Crippen LogP) is 4.81. The third-order valence-electron chi connectivity index (χ3n) is 3.71. The molecule has 0 spiro atoms. The molecule has 1 unspecified atom stereocenters. The quantitative estimate of drug-likeness (QED) is 0.585. The number of methoxy groups -OCH3 is 1. The number of halogens is 3. The number of ether oxygens (including phenoxy) is 1. The van der Waals surface area contributed by atoms with E-state index in [2.05, 4.69) is 48.2 Å². The largest absolute Gasteiger partial charge is 0.522 e. The van der Waals surface area contributed by atoms with E-state index < -0.39 is 15.6 Å². The molecule has 1 aliphatic heterocycles. The first kappa shape index (κ1) is 19.9. The normalized spacial score (nSPS) is 17.9. The summed E-state index contributed by atoms with van der Waals surface area (Å²) < 4.78 is 63.0. The van der Waals surface area contributed by atoms with Crippen molar-refractivity contribution in [1.29, 1.82) is 0 Å². The highest BCUT2D eigenvalue weighted by molar-refractivity contribution is 7.99. The van der Waals surface area contributed by atoms with E-state index in [0.29, 0.717) is 5.25 Å². The van der Waals surface area contributed by atoms with Crippen LogP contribution in [0.2, 0.25) is 0 Å². The van der Waals surface area contributed by atoms with Crippen LogP contribution in [0.25, 0.3) is 10.8 Å². The molecule has 1 saturated heterocycles. The smallest absolute Gasteiger partial charge is 0.496 e. The number of hydrogen-bond donors (Lipinski definition) is 1. The topological polar surface area (TPSA) is 63.6 Å². The summed E-state index contributed by atoms with van der Waals surface area (Å²) in [6.45, 7) is 0. The summed E-state index contributed by atoms with van der Waals surface area (Å²) in [5.74, 6) is 2.28. The van der Waals surface area contributed by atoms with Crippen LogP contribution in [0.5, 0.6) is 5.75 Å². The Hall–Kier alpha value is -1.45. The average Bonchev–Trinajstić information content (AvgIpc) is 3.06. The van der Waals surface area contributed by atoms with E-state index >= 15 is 0 Å². The van der Waals surface area contributed by atoms with Gasteiger partial charge >= 0.3 is 15.6 Å². The Kier molecular flexibility index (Phi) is 6.23. The average molecular weight is 394 g/mol. The first-order chi connectivity index (χ1) is 11.6. The molecule has 25 heavy (non-hydrogen) atoms. The summed E-state index contributed by atoms with van der Waals surface area (Å²) in [6.07, 6.45) is 2.65. The van der Waals surface area contributed by atoms with E-state index in [1.165, 1.54) is 34.9 Å². The van der Waals surface area contributed by atoms with Crippen molar-refractivity contribution in [2.24, 2.45) is 0 Å². The molecule has 9 heteroatoms. The SMILES string of the molecule is COc1ccc(C2CCCS2)c2ccccc12.O=S(=O)(O)C(F)(F)F. The minimum absolute atomic E-state index is 0.672. The molecule has 0 saturated carbocycles. The molecule has 2 aromatic carbocycles. The molecule has 1 aliphatic rings. The Morgan fingerprint density at radius 1 is 1.16 bits per heavy atom. The fourth-order valence-corrected chi connectivity index (χ4v) is 3.91. The van der Waals surface area contributed by atoms with Gasteiger partial charge in [0.15, 0.2) is 0 Å². The zero-order valence-electron chi connectivity index (χ0n) is 13.3. The highest BCUT2D eigenvalue weighted by Gasteiger charge is 2.44. The minimum Gasteiger partial charge on any atom is -0.496 e. The van der Waals surface area contributed by atoms with E-state index in [9.17, 15) is 13.2 Å². The fraction of sp³-hybridized carbons (Fsp3) is 0.375. The van der Waals surface area contributed by atoms with Crippen molar-refractivity contribution in [2.75, 3.05) is 12.9 Å². The molecule has 0 radical (unpaired) electrons. The van der Waals surface area contributed by atoms with Crippen molar-refractivity contribution in [1.82, 2.24) is 0 Å². The Morgan fingerprint density at radius 2 is 1.76 bits per heavy atom. The van der Waals surface area contributed by atoms with Gasteiger partial charge in [-0.15, -0.1) is 0 Å². The first-order valence-electron chi connectivity index (χ1n) is 7.36. The van der Waals surface area contributed by atoms with Crippen molar-refractivity contribution in [2.45, 2.75) is 23.6 Å². The number of alkyl halides is 3. The summed E-state index contributed by atoms with van der Waals surface area (Å²) >= 11 is 2.08. The zero-order valence-corrected chi connectivity index (χ0v) is 14.9. The third-order valence-corrected chi connectivity index (χ3v) is 5.71. The van der Waals surface area contributed by atoms with E-state index in [4.69, 9.17) is 17.7 Å². The van der Waals surface area contributed by atoms with Crippen LogP contribution in [0.4, 0.5) is 13.2 Å². The molecular weight excluding hydrogens is 377 g/mol. The standard InChI is InChI=1S/C15H16OS.CHF3O3S/c1-16-14-9-8-13(15-7-4-10-17-15)11-5-2-3-6-12(11)14;2-1(3,4)8(5,6)7/h2-3,5-6,8-9,15H,4,7,10H2,1H3;(H,5,6,7). The summed E-state index contributed by atoms with van der Waals surface area (Å²) in [4.78, 5) is 0. The summed E-state index contributed by atoms with van der Waals surface area (Å²) in [7, 11) is -4.10. The molecule has 1 fully saturated rings. The van der Waals surface area contributed by atoms with Gasteiger partial charge in [-0.3, -0.25) is 4.55 Å². The van der Waals surface area contributed by atoms with E-state index in [0.717, 1.165) is 5.75 Å². The van der Waals surface area contributed by atoms with E-state index in [-0.39, 0.29) is 0 Å². The highest BCUT2D eigenvalue weighted by atomic mass is 32.2. The third kappa shape index (κ3) is 4.80. The van der Waals surface area contributed by atoms with Crippen molar-refractivity contribution in [3.05, 3.63) is 42.0 Å². The first-order valence-corrected chi connectivity index (χ1v) is 9.85. The van der Waals surface area contributed by atoms with Crippen LogP contribution in [0, 0.1) is 0 Å². The Morgan fingerprint density at radius 3 is 2.24 bits per heavy atom. The van der Waals surface area contributed by atoms with Crippen molar-refractivity contribution in [3.63, 3.8) is 0 Å². The lowest BCUT2D eigenvalue weighted by Gasteiger charge is -2.14. The number of fused-ring (bicyclic) bond motifs is 1. The van der Waals surface area contributed by atoms with Crippen molar-refractivity contribution < 1.29 is 30.9 Å². The molecule has 0 aromatic heterocycles. The van der Waals surface area contributed by atoms with Crippen molar-refractivity contribution >= 4 is 32.7 Å². The van der Waals surface area contributed by atoms with Crippen LogP contribution < -0.4 is 4.74 Å². The molecular formula is C16H17F3O4S2. The molecule has 1 N–H and O–H groups in total. The lowest BCUT2D eigenvalue weighted by Crippen LogP contribution is -2.21. The van der Waals surface area contributed by atoms with Gasteiger partial charge in [-0.25, -0.2) is 0 Å². The summed E-state index contributed by atoms with van der Waals surface area (Å²) in [5.41, 5.74) is -4.06. The zero-order chi connectivity index (χ0) is 18.7. The lowest BCUT2D eigenvalue weighted by atomic mass is 9.99. The maximum Gasteiger partial charge on any atom is 0.522 e. The van der Waals surface area contributed by atoms with Crippen molar-refractivity contribution in [3.8, 4) is 5.75 Å². The second-order valence-corrected chi connectivity index (χ2v) is 8.05. The number of benzene rings is 2. The molecule has 2 aromatic rings. The summed E-state index contributed by atoms with van der Waals surface area (Å²) in [5, 5.41) is 3.26. The molecule has 4 nitrogen and oxygen atoms in total. The van der Waals surface area contributed by atoms with Crippen LogP contribution in [0.15, 0.2) is 36.4 Å². The van der Waals surface area contributed by atoms with E-state index in [1.807, 2.05) is 0 Å². The lowest BCUT2D eigenvalue weighted by molar-refractivity contribution is -0.0510. The Labute approximate surface area is 148 Å². The van der Waals surface area contributed by atoms with Gasteiger partial charge in [0.25, 0.3) is 0 Å². The van der Waals surface area contributed by atoms with Gasteiger partial charge in [0.1, 0.15) is 5.75 Å². The fourth-order valence-electron chi connectivity index (χ4n) is 2.58. The monoisotopic (exact) mass is 394 g/mol. The maximum absolute atomic E-state index is 10.7. The minimum atomic E-state index is -5.84. The molecule has 3 rings (SSSR count). The van der Waals surface area contributed by atoms with Gasteiger partial charge in [-0.1, -0.05) is 30.3 Å². The summed E-state index contributed by atoms with van der Waals surface area (Å²) in [6, 6.07) is 12.9. The number of thioether (sulfide) groups is 1. The second-order valence-electron chi connectivity index (χ2n) is 5.33. The van der Waals surface area contributed by atoms with Crippen LogP contribution in [-0.4, -0.2) is 31.3 Å². The van der Waals surface area contributed by atoms with Gasteiger partial charge in [0, 0.05) is 10.6 Å². The van der Waals surface area contributed by atoms with Gasteiger partial charge < -0.3 is 4.74 Å². The second kappa shape index (κ2) is 7.84. The van der Waals surface area contributed by atoms with Crippen LogP contribution in [0.1, 0.15) is 23.7 Å². The van der Waals surface area contributed by atoms with Gasteiger partial charge in [0.05, 0.1) is 7.11 Å². The molecule has 0 amide bonds.